The average molecular weight is 539 g/mol. The van der Waals surface area contributed by atoms with Crippen LogP contribution in [0.2, 0.25) is 0 Å². The molecule has 0 radical (unpaired) electrons. The van der Waals surface area contributed by atoms with Gasteiger partial charge in [0.15, 0.2) is 0 Å². The van der Waals surface area contributed by atoms with Gasteiger partial charge in [0, 0.05) is 0 Å². The minimum absolute atomic E-state index is 0. The standard InChI is InChI=1S/C12H12P.C11H13N.Ir/c1-2-13-12-9-5-7-10-6-3-4-8-11(10)12;1-2-6-10(7-3-1)11-8-4-5-9-12-11;/h3-7,9,13H,2H2,1H3;1-3,6,11H,4-5,8-9H2;/q-1;-2;+3. The van der Waals surface area contributed by atoms with E-state index in [0.717, 1.165) is 15.1 Å². The second-order valence-corrected chi connectivity index (χ2v) is 7.81. The molecule has 136 valence electrons. The third-order valence-electron chi connectivity index (χ3n) is 4.39. The number of nitrogens with zero attached hydrogens (tertiary/aromatic N) is 1. The van der Waals surface area contributed by atoms with Crippen LogP contribution in [0.4, 0.5) is 0 Å². The molecule has 1 aliphatic rings. The number of hydrogen-bond acceptors (Lipinski definition) is 0. The zero-order valence-corrected chi connectivity index (χ0v) is 18.6. The summed E-state index contributed by atoms with van der Waals surface area (Å²) in [5.74, 6) is 0. The van der Waals surface area contributed by atoms with Gasteiger partial charge in [0.05, 0.1) is 0 Å². The molecule has 0 aromatic heterocycles. The van der Waals surface area contributed by atoms with E-state index in [0.29, 0.717) is 6.04 Å². The molecule has 3 heteroatoms. The zero-order chi connectivity index (χ0) is 17.3. The Kier molecular flexibility index (Phi) is 9.51. The van der Waals surface area contributed by atoms with Gasteiger partial charge in [-0.3, -0.25) is 0 Å². The SMILES string of the molecule is CCPc1cccc2ccc[c-]c12.[Ir+3].[c-]1ccccc1C1CCCC[N-]1. The number of rotatable bonds is 3. The van der Waals surface area contributed by atoms with E-state index in [4.69, 9.17) is 0 Å². The van der Waals surface area contributed by atoms with Gasteiger partial charge in [0.1, 0.15) is 0 Å². The number of fused-ring (bicyclic) bond motifs is 1. The molecule has 0 spiro atoms. The van der Waals surface area contributed by atoms with Crippen molar-refractivity contribution in [1.29, 1.82) is 0 Å². The summed E-state index contributed by atoms with van der Waals surface area (Å²) in [7, 11) is 0.910. The second kappa shape index (κ2) is 11.6. The second-order valence-electron chi connectivity index (χ2n) is 6.21. The predicted octanol–water partition coefficient (Wildman–Crippen LogP) is 6.05. The van der Waals surface area contributed by atoms with Gasteiger partial charge in [-0.2, -0.15) is 35.9 Å². The third kappa shape index (κ3) is 6.00. The van der Waals surface area contributed by atoms with Crippen LogP contribution < -0.4 is 5.30 Å². The first-order chi connectivity index (χ1) is 12.4. The summed E-state index contributed by atoms with van der Waals surface area (Å²) >= 11 is 0. The van der Waals surface area contributed by atoms with Crippen molar-refractivity contribution in [2.24, 2.45) is 0 Å². The van der Waals surface area contributed by atoms with Gasteiger partial charge in [-0.15, -0.1) is 56.2 Å². The van der Waals surface area contributed by atoms with E-state index >= 15 is 0 Å². The number of piperidine rings is 1. The Bertz CT molecular complexity index is 764. The molecule has 4 rings (SSSR count). The van der Waals surface area contributed by atoms with Crippen molar-refractivity contribution in [2.75, 3.05) is 12.7 Å². The maximum atomic E-state index is 4.57. The van der Waals surface area contributed by atoms with E-state index in [2.05, 4.69) is 60.8 Å². The summed E-state index contributed by atoms with van der Waals surface area (Å²) in [6.07, 6.45) is 5.02. The topological polar surface area (TPSA) is 14.1 Å². The zero-order valence-electron chi connectivity index (χ0n) is 15.2. The van der Waals surface area contributed by atoms with Crippen molar-refractivity contribution in [3.8, 4) is 0 Å². The predicted molar refractivity (Wildman–Crippen MR) is 111 cm³/mol. The summed E-state index contributed by atoms with van der Waals surface area (Å²) in [6.45, 7) is 3.26. The Morgan fingerprint density at radius 3 is 2.58 bits per heavy atom. The van der Waals surface area contributed by atoms with Crippen LogP contribution in [0, 0.1) is 12.1 Å². The van der Waals surface area contributed by atoms with Crippen LogP contribution in [0.1, 0.15) is 37.8 Å². The number of hydrogen-bond donors (Lipinski definition) is 0. The Hall–Kier alpha value is -1.04. The molecule has 1 fully saturated rings. The van der Waals surface area contributed by atoms with Gasteiger partial charge in [0.2, 0.25) is 0 Å². The van der Waals surface area contributed by atoms with E-state index in [1.54, 1.807) is 0 Å². The van der Waals surface area contributed by atoms with Crippen molar-refractivity contribution < 1.29 is 20.1 Å². The van der Waals surface area contributed by atoms with E-state index < -0.39 is 0 Å². The average Bonchev–Trinajstić information content (AvgIpc) is 2.70. The molecule has 1 aliphatic heterocycles. The van der Waals surface area contributed by atoms with E-state index in [-0.39, 0.29) is 20.1 Å². The minimum Gasteiger partial charge on any atom is -0.657 e. The van der Waals surface area contributed by atoms with Crippen LogP contribution in [0.5, 0.6) is 0 Å². The maximum absolute atomic E-state index is 4.57. The molecular weight excluding hydrogens is 513 g/mol. The molecule has 26 heavy (non-hydrogen) atoms. The fraction of sp³-hybridized carbons (Fsp3) is 0.304. The van der Waals surface area contributed by atoms with Gasteiger partial charge < -0.3 is 5.32 Å². The van der Waals surface area contributed by atoms with Crippen LogP contribution >= 0.6 is 8.58 Å². The Balaban J connectivity index is 0.000000180. The fourth-order valence-corrected chi connectivity index (χ4v) is 4.14. The van der Waals surface area contributed by atoms with Crippen molar-refractivity contribution >= 4 is 24.7 Å². The normalized spacial score (nSPS) is 16.7. The van der Waals surface area contributed by atoms with Crippen LogP contribution in [0.25, 0.3) is 16.1 Å². The first-order valence-corrected chi connectivity index (χ1v) is 10.4. The fourth-order valence-electron chi connectivity index (χ4n) is 3.15. The summed E-state index contributed by atoms with van der Waals surface area (Å²) in [6, 6.07) is 27.8. The molecule has 1 nitrogen and oxygen atoms in total. The Labute approximate surface area is 173 Å². The molecule has 1 heterocycles. The van der Waals surface area contributed by atoms with Crippen LogP contribution in [0.3, 0.4) is 0 Å². The summed E-state index contributed by atoms with van der Waals surface area (Å²) in [5.41, 5.74) is 1.26. The van der Waals surface area contributed by atoms with Gasteiger partial charge in [-0.25, -0.2) is 0 Å². The van der Waals surface area contributed by atoms with Crippen LogP contribution in [-0.4, -0.2) is 12.7 Å². The number of benzene rings is 3. The summed E-state index contributed by atoms with van der Waals surface area (Å²) < 4.78 is 0. The minimum atomic E-state index is 0. The quantitative estimate of drug-likeness (QED) is 0.285. The molecule has 0 amide bonds. The molecule has 2 unspecified atom stereocenters. The van der Waals surface area contributed by atoms with Gasteiger partial charge in [-0.05, 0) is 6.16 Å². The molecule has 1 saturated heterocycles. The molecule has 3 aromatic rings. The summed E-state index contributed by atoms with van der Waals surface area (Å²) in [5, 5.41) is 8.62. The van der Waals surface area contributed by atoms with Gasteiger partial charge in [-0.1, -0.05) is 49.7 Å². The monoisotopic (exact) mass is 539 g/mol. The smallest absolute Gasteiger partial charge is 0.657 e. The molecule has 0 aliphatic carbocycles. The molecule has 0 bridgehead atoms. The van der Waals surface area contributed by atoms with Gasteiger partial charge >= 0.3 is 20.1 Å². The van der Waals surface area contributed by atoms with Crippen molar-refractivity contribution in [1.82, 2.24) is 0 Å². The molecule has 0 N–H and O–H groups in total. The van der Waals surface area contributed by atoms with Crippen LogP contribution in [0.15, 0.2) is 60.7 Å². The first-order valence-electron chi connectivity index (χ1n) is 9.15. The summed E-state index contributed by atoms with van der Waals surface area (Å²) in [4.78, 5) is 0. The van der Waals surface area contributed by atoms with E-state index in [1.807, 2.05) is 24.3 Å². The third-order valence-corrected chi connectivity index (χ3v) is 5.54. The maximum Gasteiger partial charge on any atom is 3.00 e. The Morgan fingerprint density at radius 1 is 1.00 bits per heavy atom. The largest absolute Gasteiger partial charge is 3.00 e. The van der Waals surface area contributed by atoms with E-state index in [9.17, 15) is 0 Å². The Morgan fingerprint density at radius 2 is 1.85 bits per heavy atom. The van der Waals surface area contributed by atoms with Crippen LogP contribution in [-0.2, 0) is 20.1 Å². The molecular formula is C23H25IrNP. The van der Waals surface area contributed by atoms with Gasteiger partial charge in [0.25, 0.3) is 0 Å². The molecule has 0 saturated carbocycles. The van der Waals surface area contributed by atoms with Crippen molar-refractivity contribution in [3.05, 3.63) is 83.7 Å². The van der Waals surface area contributed by atoms with E-state index in [1.165, 1.54) is 47.1 Å². The molecule has 3 aromatic carbocycles. The molecule has 2 atom stereocenters. The van der Waals surface area contributed by atoms with Crippen molar-refractivity contribution in [3.63, 3.8) is 0 Å². The first kappa shape index (κ1) is 21.3. The van der Waals surface area contributed by atoms with Crippen molar-refractivity contribution in [2.45, 2.75) is 32.2 Å².